The SMILES string of the molecule is CCc1cnn2cc(-c3nn(C)c(CNC)c3C)cc(OC(CO)c3ccc(F)cn3)c12. The molecule has 0 aliphatic carbocycles. The maximum Gasteiger partial charge on any atom is 0.163 e. The van der Waals surface area contributed by atoms with Crippen LogP contribution in [0.15, 0.2) is 36.8 Å². The molecule has 1 atom stereocenters. The first-order chi connectivity index (χ1) is 15.5. The summed E-state index contributed by atoms with van der Waals surface area (Å²) < 4.78 is 23.2. The van der Waals surface area contributed by atoms with E-state index in [0.29, 0.717) is 18.0 Å². The van der Waals surface area contributed by atoms with Crippen molar-refractivity contribution in [2.45, 2.75) is 32.9 Å². The number of hydrogen-bond acceptors (Lipinski definition) is 6. The molecule has 0 aliphatic heterocycles. The van der Waals surface area contributed by atoms with E-state index in [1.165, 1.54) is 12.1 Å². The number of nitrogens with zero attached hydrogens (tertiary/aromatic N) is 5. The summed E-state index contributed by atoms with van der Waals surface area (Å²) >= 11 is 0. The lowest BCUT2D eigenvalue weighted by Gasteiger charge is -2.18. The molecule has 32 heavy (non-hydrogen) atoms. The van der Waals surface area contributed by atoms with E-state index < -0.39 is 11.9 Å². The molecule has 0 fully saturated rings. The first-order valence-electron chi connectivity index (χ1n) is 10.5. The highest BCUT2D eigenvalue weighted by Crippen LogP contribution is 2.34. The molecule has 0 radical (unpaired) electrons. The first-order valence-corrected chi connectivity index (χ1v) is 10.5. The van der Waals surface area contributed by atoms with Crippen molar-refractivity contribution in [1.82, 2.24) is 29.7 Å². The van der Waals surface area contributed by atoms with Crippen LogP contribution in [0, 0.1) is 12.7 Å². The summed E-state index contributed by atoms with van der Waals surface area (Å²) in [4.78, 5) is 4.08. The monoisotopic (exact) mass is 438 g/mol. The van der Waals surface area contributed by atoms with Crippen molar-refractivity contribution in [3.63, 3.8) is 0 Å². The van der Waals surface area contributed by atoms with Crippen molar-refractivity contribution >= 4 is 5.52 Å². The van der Waals surface area contributed by atoms with E-state index in [-0.39, 0.29) is 6.61 Å². The Bertz CT molecular complexity index is 1230. The van der Waals surface area contributed by atoms with Crippen LogP contribution in [0.1, 0.15) is 35.5 Å². The van der Waals surface area contributed by atoms with E-state index in [0.717, 1.165) is 46.2 Å². The van der Waals surface area contributed by atoms with Gasteiger partial charge in [-0.1, -0.05) is 6.92 Å². The Hall–Kier alpha value is -3.30. The average molecular weight is 439 g/mol. The number of aliphatic hydroxyl groups excluding tert-OH is 1. The Labute approximate surface area is 185 Å². The fraction of sp³-hybridized carbons (Fsp3) is 0.348. The summed E-state index contributed by atoms with van der Waals surface area (Å²) in [6.45, 7) is 4.48. The van der Waals surface area contributed by atoms with Gasteiger partial charge in [-0.15, -0.1) is 0 Å². The van der Waals surface area contributed by atoms with Gasteiger partial charge < -0.3 is 15.2 Å². The van der Waals surface area contributed by atoms with E-state index in [2.05, 4.69) is 15.4 Å². The first kappa shape index (κ1) is 21.9. The van der Waals surface area contributed by atoms with E-state index in [4.69, 9.17) is 9.84 Å². The summed E-state index contributed by atoms with van der Waals surface area (Å²) in [7, 11) is 3.82. The molecule has 4 aromatic rings. The van der Waals surface area contributed by atoms with Crippen molar-refractivity contribution in [2.75, 3.05) is 13.7 Å². The lowest BCUT2D eigenvalue weighted by molar-refractivity contribution is 0.114. The third-order valence-corrected chi connectivity index (χ3v) is 5.60. The molecule has 9 heteroatoms. The predicted octanol–water partition coefficient (Wildman–Crippen LogP) is 2.97. The number of aryl methyl sites for hydroxylation is 2. The number of rotatable bonds is 8. The number of pyridine rings is 2. The molecule has 0 aliphatic rings. The molecule has 0 bridgehead atoms. The molecule has 4 rings (SSSR count). The molecule has 0 saturated carbocycles. The molecule has 4 aromatic heterocycles. The summed E-state index contributed by atoms with van der Waals surface area (Å²) in [5.74, 6) is 0.115. The van der Waals surface area contributed by atoms with Crippen LogP contribution in [0.2, 0.25) is 0 Å². The Kier molecular flexibility index (Phi) is 6.20. The van der Waals surface area contributed by atoms with Crippen molar-refractivity contribution in [1.29, 1.82) is 0 Å². The van der Waals surface area contributed by atoms with Gasteiger partial charge in [0, 0.05) is 30.9 Å². The fourth-order valence-electron chi connectivity index (χ4n) is 3.90. The maximum absolute atomic E-state index is 13.3. The summed E-state index contributed by atoms with van der Waals surface area (Å²) in [5, 5.41) is 22.4. The summed E-state index contributed by atoms with van der Waals surface area (Å²) in [5.41, 5.74) is 6.11. The van der Waals surface area contributed by atoms with Gasteiger partial charge in [0.1, 0.15) is 17.1 Å². The normalized spacial score (nSPS) is 12.4. The Morgan fingerprint density at radius 3 is 2.75 bits per heavy atom. The molecule has 4 heterocycles. The van der Waals surface area contributed by atoms with Gasteiger partial charge >= 0.3 is 0 Å². The van der Waals surface area contributed by atoms with Crippen LogP contribution in [-0.2, 0) is 20.0 Å². The highest BCUT2D eigenvalue weighted by Gasteiger charge is 2.21. The summed E-state index contributed by atoms with van der Waals surface area (Å²) in [6.07, 6.45) is 4.88. The zero-order valence-corrected chi connectivity index (χ0v) is 18.6. The van der Waals surface area contributed by atoms with Gasteiger partial charge in [-0.3, -0.25) is 9.67 Å². The van der Waals surface area contributed by atoms with Gasteiger partial charge in [-0.05, 0) is 44.2 Å². The summed E-state index contributed by atoms with van der Waals surface area (Å²) in [6, 6.07) is 4.74. The zero-order valence-electron chi connectivity index (χ0n) is 18.6. The zero-order chi connectivity index (χ0) is 22.8. The van der Waals surface area contributed by atoms with Crippen LogP contribution in [0.5, 0.6) is 5.75 Å². The third-order valence-electron chi connectivity index (χ3n) is 5.60. The molecule has 0 spiro atoms. The Balaban J connectivity index is 1.83. The van der Waals surface area contributed by atoms with E-state index in [1.54, 1.807) is 4.52 Å². The van der Waals surface area contributed by atoms with Crippen molar-refractivity contribution < 1.29 is 14.2 Å². The van der Waals surface area contributed by atoms with Crippen molar-refractivity contribution in [2.24, 2.45) is 7.05 Å². The number of fused-ring (bicyclic) bond motifs is 1. The molecule has 2 N–H and O–H groups in total. The minimum Gasteiger partial charge on any atom is -0.479 e. The van der Waals surface area contributed by atoms with Gasteiger partial charge in [0.2, 0.25) is 0 Å². The largest absolute Gasteiger partial charge is 0.479 e. The van der Waals surface area contributed by atoms with Crippen LogP contribution >= 0.6 is 0 Å². The smallest absolute Gasteiger partial charge is 0.163 e. The molecule has 8 nitrogen and oxygen atoms in total. The highest BCUT2D eigenvalue weighted by atomic mass is 19.1. The van der Waals surface area contributed by atoms with Crippen LogP contribution in [-0.4, -0.2) is 43.1 Å². The second kappa shape index (κ2) is 9.05. The number of halogens is 1. The van der Waals surface area contributed by atoms with Gasteiger partial charge in [0.25, 0.3) is 0 Å². The number of nitrogens with one attached hydrogen (secondary N) is 1. The van der Waals surface area contributed by atoms with Crippen molar-refractivity contribution in [3.05, 3.63) is 65.1 Å². The van der Waals surface area contributed by atoms with Crippen LogP contribution in [0.4, 0.5) is 4.39 Å². The van der Waals surface area contributed by atoms with Crippen LogP contribution in [0.25, 0.3) is 16.8 Å². The Morgan fingerprint density at radius 2 is 2.09 bits per heavy atom. The second-order valence-electron chi connectivity index (χ2n) is 7.67. The topological polar surface area (TPSA) is 89.5 Å². The Morgan fingerprint density at radius 1 is 1.28 bits per heavy atom. The number of ether oxygens (including phenoxy) is 1. The molecule has 0 aromatic carbocycles. The molecular weight excluding hydrogens is 411 g/mol. The number of aromatic nitrogens is 5. The quantitative estimate of drug-likeness (QED) is 0.440. The van der Waals surface area contributed by atoms with Crippen LogP contribution in [0.3, 0.4) is 0 Å². The van der Waals surface area contributed by atoms with E-state index in [1.807, 2.05) is 51.1 Å². The van der Waals surface area contributed by atoms with Gasteiger partial charge in [0.05, 0.1) is 36.1 Å². The average Bonchev–Trinajstić information content (AvgIpc) is 3.34. The van der Waals surface area contributed by atoms with Crippen molar-refractivity contribution in [3.8, 4) is 17.0 Å². The predicted molar refractivity (Wildman–Crippen MR) is 119 cm³/mol. The second-order valence-corrected chi connectivity index (χ2v) is 7.67. The number of aliphatic hydroxyl groups is 1. The van der Waals surface area contributed by atoms with Gasteiger partial charge in [0.15, 0.2) is 6.10 Å². The number of hydrogen-bond donors (Lipinski definition) is 2. The molecule has 168 valence electrons. The minimum absolute atomic E-state index is 0.306. The fourth-order valence-corrected chi connectivity index (χ4v) is 3.90. The minimum atomic E-state index is -0.751. The van der Waals surface area contributed by atoms with E-state index in [9.17, 15) is 9.50 Å². The third kappa shape index (κ3) is 3.96. The van der Waals surface area contributed by atoms with Gasteiger partial charge in [-0.2, -0.15) is 10.2 Å². The van der Waals surface area contributed by atoms with Gasteiger partial charge in [-0.25, -0.2) is 8.91 Å². The molecule has 0 amide bonds. The maximum atomic E-state index is 13.3. The highest BCUT2D eigenvalue weighted by molar-refractivity contribution is 5.73. The van der Waals surface area contributed by atoms with E-state index >= 15 is 0 Å². The van der Waals surface area contributed by atoms with Crippen LogP contribution < -0.4 is 10.1 Å². The molecule has 1 unspecified atom stereocenters. The lowest BCUT2D eigenvalue weighted by atomic mass is 10.1. The standard InChI is InChI=1S/C23H27FN6O2/c1-5-15-9-27-30-12-16(22-14(2)19(11-25-3)29(4)28-22)8-20(23(15)30)32-21(13-31)18-7-6-17(24)10-26-18/h6-10,12,21,25,31H,5,11,13H2,1-4H3. The molecular formula is C23H27FN6O2. The molecule has 0 saturated heterocycles. The lowest BCUT2D eigenvalue weighted by Crippen LogP contribution is -2.14.